The van der Waals surface area contributed by atoms with Gasteiger partial charge in [0.2, 0.25) is 5.89 Å². The number of aromatic nitrogens is 2. The zero-order valence-corrected chi connectivity index (χ0v) is 15.8. The molecule has 0 spiro atoms. The van der Waals surface area contributed by atoms with Crippen molar-refractivity contribution in [1.29, 1.82) is 0 Å². The fourth-order valence-corrected chi connectivity index (χ4v) is 3.13. The molecule has 2 heterocycles. The molecule has 1 atom stereocenters. The first-order chi connectivity index (χ1) is 12.2. The largest absolute Gasteiger partial charge is 0.393 e. The molecule has 1 unspecified atom stereocenters. The average Bonchev–Trinajstić information content (AvgIpc) is 3.04. The summed E-state index contributed by atoms with van der Waals surface area (Å²) in [4.78, 5) is 6.58. The summed E-state index contributed by atoms with van der Waals surface area (Å²) in [6.45, 7) is 9.46. The van der Waals surface area contributed by atoms with Crippen LogP contribution in [0.3, 0.4) is 0 Å². The maximum atomic E-state index is 13.9. The van der Waals surface area contributed by atoms with E-state index in [1.54, 1.807) is 12.1 Å². The molecule has 1 aromatic carbocycles. The van der Waals surface area contributed by atoms with Crippen molar-refractivity contribution in [2.24, 2.45) is 0 Å². The van der Waals surface area contributed by atoms with Gasteiger partial charge in [-0.25, -0.2) is 4.39 Å². The van der Waals surface area contributed by atoms with Crippen molar-refractivity contribution in [2.75, 3.05) is 23.3 Å². The summed E-state index contributed by atoms with van der Waals surface area (Å²) >= 11 is 0. The first-order valence-corrected chi connectivity index (χ1v) is 9.07. The van der Waals surface area contributed by atoms with E-state index in [-0.39, 0.29) is 23.4 Å². The Labute approximate surface area is 153 Å². The second kappa shape index (κ2) is 7.23. The molecular weight excluding hydrogens is 335 g/mol. The smallest absolute Gasteiger partial charge is 0.263 e. The van der Waals surface area contributed by atoms with E-state index in [9.17, 15) is 9.50 Å². The molecule has 0 bridgehead atoms. The third-order valence-electron chi connectivity index (χ3n) is 4.67. The fourth-order valence-electron chi connectivity index (χ4n) is 3.13. The normalized spacial score (nSPS) is 17.4. The van der Waals surface area contributed by atoms with Crippen molar-refractivity contribution < 1.29 is 14.0 Å². The summed E-state index contributed by atoms with van der Waals surface area (Å²) in [5, 5.41) is 16.9. The molecule has 0 saturated carbocycles. The van der Waals surface area contributed by atoms with Crippen LogP contribution in [0.4, 0.5) is 16.0 Å². The lowest BCUT2D eigenvalue weighted by molar-refractivity contribution is 0.145. The zero-order valence-electron chi connectivity index (χ0n) is 15.8. The van der Waals surface area contributed by atoms with E-state index in [4.69, 9.17) is 4.52 Å². The number of nitrogens with zero attached hydrogens (tertiary/aromatic N) is 3. The van der Waals surface area contributed by atoms with Crippen LogP contribution in [0.2, 0.25) is 0 Å². The summed E-state index contributed by atoms with van der Waals surface area (Å²) in [7, 11) is 0. The number of hydrogen-bond donors (Lipinski definition) is 2. The molecule has 0 aliphatic carbocycles. The van der Waals surface area contributed by atoms with E-state index < -0.39 is 0 Å². The zero-order chi connectivity index (χ0) is 18.9. The molecular formula is C19H27FN4O2. The van der Waals surface area contributed by atoms with E-state index in [0.717, 1.165) is 37.2 Å². The molecule has 0 radical (unpaired) electrons. The van der Waals surface area contributed by atoms with Gasteiger partial charge in [0, 0.05) is 29.8 Å². The molecule has 3 rings (SSSR count). The standard InChI is InChI=1S/C19H27FN4O2/c1-12(21-18-22-17(26-23-18)19(2,3)4)15-11-13(20)5-6-16(15)24-9-7-14(25)8-10-24/h5-6,11-12,14,25H,7-10H2,1-4H3,(H,21,23). The summed E-state index contributed by atoms with van der Waals surface area (Å²) in [6, 6.07) is 4.63. The highest BCUT2D eigenvalue weighted by molar-refractivity contribution is 5.57. The van der Waals surface area contributed by atoms with Gasteiger partial charge in [0.05, 0.1) is 12.1 Å². The van der Waals surface area contributed by atoms with Crippen molar-refractivity contribution in [3.63, 3.8) is 0 Å². The van der Waals surface area contributed by atoms with Crippen LogP contribution in [-0.4, -0.2) is 34.4 Å². The van der Waals surface area contributed by atoms with Gasteiger partial charge in [0.15, 0.2) is 0 Å². The van der Waals surface area contributed by atoms with Crippen molar-refractivity contribution in [3.8, 4) is 0 Å². The Bertz CT molecular complexity index is 748. The highest BCUT2D eigenvalue weighted by Crippen LogP contribution is 2.31. The van der Waals surface area contributed by atoms with E-state index in [2.05, 4.69) is 20.4 Å². The summed E-state index contributed by atoms with van der Waals surface area (Å²) in [5.74, 6) is 0.668. The van der Waals surface area contributed by atoms with Gasteiger partial charge in [-0.3, -0.25) is 0 Å². The Balaban J connectivity index is 1.81. The van der Waals surface area contributed by atoms with E-state index >= 15 is 0 Å². The number of benzene rings is 1. The third-order valence-corrected chi connectivity index (χ3v) is 4.67. The van der Waals surface area contributed by atoms with Crippen LogP contribution in [0.15, 0.2) is 22.7 Å². The Morgan fingerprint density at radius 3 is 2.62 bits per heavy atom. The SMILES string of the molecule is CC(Nc1noc(C(C)(C)C)n1)c1cc(F)ccc1N1CCC(O)CC1. The molecule has 1 saturated heterocycles. The molecule has 0 amide bonds. The molecule has 1 aliphatic rings. The summed E-state index contributed by atoms with van der Waals surface area (Å²) in [5.41, 5.74) is 1.58. The summed E-state index contributed by atoms with van der Waals surface area (Å²) in [6.07, 6.45) is 1.19. The maximum absolute atomic E-state index is 13.9. The highest BCUT2D eigenvalue weighted by atomic mass is 19.1. The lowest BCUT2D eigenvalue weighted by Gasteiger charge is -2.34. The predicted molar refractivity (Wildman–Crippen MR) is 98.9 cm³/mol. The molecule has 2 aromatic rings. The minimum atomic E-state index is -0.280. The summed E-state index contributed by atoms with van der Waals surface area (Å²) < 4.78 is 19.2. The molecule has 142 valence electrons. The number of piperidine rings is 1. The monoisotopic (exact) mass is 362 g/mol. The third kappa shape index (κ3) is 4.15. The lowest BCUT2D eigenvalue weighted by atomic mass is 9.97. The second-order valence-electron chi connectivity index (χ2n) is 7.96. The van der Waals surface area contributed by atoms with Crippen LogP contribution in [-0.2, 0) is 5.41 Å². The van der Waals surface area contributed by atoms with E-state index in [0.29, 0.717) is 11.8 Å². The predicted octanol–water partition coefficient (Wildman–Crippen LogP) is 3.64. The minimum Gasteiger partial charge on any atom is -0.393 e. The number of anilines is 2. The van der Waals surface area contributed by atoms with Gasteiger partial charge in [0.1, 0.15) is 5.82 Å². The van der Waals surface area contributed by atoms with E-state index in [1.165, 1.54) is 6.07 Å². The Morgan fingerprint density at radius 2 is 2.00 bits per heavy atom. The van der Waals surface area contributed by atoms with Crippen molar-refractivity contribution >= 4 is 11.6 Å². The topological polar surface area (TPSA) is 74.4 Å². The van der Waals surface area contributed by atoms with E-state index in [1.807, 2.05) is 27.7 Å². The molecule has 26 heavy (non-hydrogen) atoms. The number of hydrogen-bond acceptors (Lipinski definition) is 6. The van der Waals surface area contributed by atoms with Crippen molar-refractivity contribution in [3.05, 3.63) is 35.5 Å². The van der Waals surface area contributed by atoms with Crippen molar-refractivity contribution in [1.82, 2.24) is 10.1 Å². The van der Waals surface area contributed by atoms with Gasteiger partial charge in [-0.15, -0.1) is 0 Å². The van der Waals surface area contributed by atoms with Crippen LogP contribution in [0.25, 0.3) is 0 Å². The minimum absolute atomic E-state index is 0.196. The number of halogens is 1. The maximum Gasteiger partial charge on any atom is 0.263 e. The van der Waals surface area contributed by atoms with Gasteiger partial charge in [0.25, 0.3) is 5.95 Å². The van der Waals surface area contributed by atoms with Gasteiger partial charge >= 0.3 is 0 Å². The first kappa shape index (κ1) is 18.6. The number of aliphatic hydroxyl groups excluding tert-OH is 1. The second-order valence-corrected chi connectivity index (χ2v) is 7.96. The quantitative estimate of drug-likeness (QED) is 0.865. The Kier molecular flexibility index (Phi) is 5.18. The number of aliphatic hydroxyl groups is 1. The van der Waals surface area contributed by atoms with Crippen LogP contribution in [0, 0.1) is 5.82 Å². The van der Waals surface area contributed by atoms with Gasteiger partial charge in [-0.05, 0) is 43.1 Å². The van der Waals surface area contributed by atoms with Crippen LogP contribution in [0.5, 0.6) is 0 Å². The van der Waals surface area contributed by atoms with Crippen LogP contribution in [0.1, 0.15) is 58.0 Å². The lowest BCUT2D eigenvalue weighted by Crippen LogP contribution is -2.36. The van der Waals surface area contributed by atoms with Crippen molar-refractivity contribution in [2.45, 2.75) is 58.1 Å². The molecule has 7 heteroatoms. The molecule has 2 N–H and O–H groups in total. The molecule has 1 aliphatic heterocycles. The van der Waals surface area contributed by atoms with Gasteiger partial charge in [-0.1, -0.05) is 20.8 Å². The van der Waals surface area contributed by atoms with Gasteiger partial charge < -0.3 is 19.8 Å². The molecule has 1 fully saturated rings. The highest BCUT2D eigenvalue weighted by Gasteiger charge is 2.24. The van der Waals surface area contributed by atoms with Crippen LogP contribution < -0.4 is 10.2 Å². The molecule has 1 aromatic heterocycles. The number of nitrogens with one attached hydrogen (secondary N) is 1. The van der Waals surface area contributed by atoms with Gasteiger partial charge in [-0.2, -0.15) is 4.98 Å². The molecule has 6 nitrogen and oxygen atoms in total. The fraction of sp³-hybridized carbons (Fsp3) is 0.579. The Morgan fingerprint density at radius 1 is 1.31 bits per heavy atom. The number of rotatable bonds is 4. The Hall–Kier alpha value is -2.15. The first-order valence-electron chi connectivity index (χ1n) is 9.07. The van der Waals surface area contributed by atoms with Crippen LogP contribution >= 0.6 is 0 Å². The average molecular weight is 362 g/mol.